The molecule has 0 unspecified atom stereocenters. The van der Waals surface area contributed by atoms with E-state index in [-0.39, 0.29) is 17.7 Å². The summed E-state index contributed by atoms with van der Waals surface area (Å²) in [7, 11) is 0. The molecule has 5 nitrogen and oxygen atoms in total. The Morgan fingerprint density at radius 2 is 1.77 bits per heavy atom. The smallest absolute Gasteiger partial charge is 0.277 e. The van der Waals surface area contributed by atoms with Crippen molar-refractivity contribution in [2.24, 2.45) is 0 Å². The zero-order chi connectivity index (χ0) is 21.1. The SMILES string of the molecule is Cc1cc(C)cc(-c2nnc(SCC(=O)N[C@H](C)c3cccc4ccccc34)o2)c1. The number of hydrogen-bond donors (Lipinski definition) is 1. The maximum Gasteiger partial charge on any atom is 0.277 e. The predicted octanol–water partition coefficient (Wildman–Crippen LogP) is 5.48. The van der Waals surface area contributed by atoms with Gasteiger partial charge in [0, 0.05) is 5.56 Å². The summed E-state index contributed by atoms with van der Waals surface area (Å²) in [6, 6.07) is 20.3. The molecule has 0 aliphatic rings. The second-order valence-corrected chi connectivity index (χ2v) is 8.32. The maximum absolute atomic E-state index is 12.5. The zero-order valence-electron chi connectivity index (χ0n) is 17.2. The van der Waals surface area contributed by atoms with E-state index in [1.54, 1.807) is 0 Å². The molecule has 0 radical (unpaired) electrons. The molecular formula is C24H23N3O2S. The Kier molecular flexibility index (Phi) is 5.86. The molecule has 1 aromatic heterocycles. The Hall–Kier alpha value is -3.12. The second kappa shape index (κ2) is 8.71. The molecule has 1 atom stereocenters. The van der Waals surface area contributed by atoms with Crippen LogP contribution in [-0.2, 0) is 4.79 Å². The van der Waals surface area contributed by atoms with Gasteiger partial charge >= 0.3 is 0 Å². The highest BCUT2D eigenvalue weighted by Crippen LogP contribution is 2.26. The fraction of sp³-hybridized carbons (Fsp3) is 0.208. The molecule has 0 aliphatic carbocycles. The number of amides is 1. The molecule has 0 bridgehead atoms. The van der Waals surface area contributed by atoms with Gasteiger partial charge in [0.25, 0.3) is 5.22 Å². The van der Waals surface area contributed by atoms with Gasteiger partial charge in [-0.2, -0.15) is 0 Å². The van der Waals surface area contributed by atoms with Crippen molar-refractivity contribution < 1.29 is 9.21 Å². The lowest BCUT2D eigenvalue weighted by atomic mass is 10.00. The lowest BCUT2D eigenvalue weighted by Gasteiger charge is -2.16. The van der Waals surface area contributed by atoms with Gasteiger partial charge < -0.3 is 9.73 Å². The standard InChI is InChI=1S/C24H23N3O2S/c1-15-11-16(2)13-19(12-15)23-26-27-24(29-23)30-14-22(28)25-17(3)20-10-6-8-18-7-4-5-9-21(18)20/h4-13,17H,14H2,1-3H3,(H,25,28)/t17-/m1/s1. The summed E-state index contributed by atoms with van der Waals surface area (Å²) in [6.07, 6.45) is 0. The normalized spacial score (nSPS) is 12.1. The van der Waals surface area contributed by atoms with Crippen LogP contribution in [-0.4, -0.2) is 21.9 Å². The van der Waals surface area contributed by atoms with Crippen LogP contribution >= 0.6 is 11.8 Å². The Balaban J connectivity index is 1.39. The molecule has 0 saturated heterocycles. The van der Waals surface area contributed by atoms with Crippen molar-refractivity contribution in [3.8, 4) is 11.5 Å². The van der Waals surface area contributed by atoms with Gasteiger partial charge in [0.15, 0.2) is 0 Å². The number of aromatic nitrogens is 2. The van der Waals surface area contributed by atoms with Crippen LogP contribution in [0.2, 0.25) is 0 Å². The molecule has 30 heavy (non-hydrogen) atoms. The number of benzene rings is 3. The fourth-order valence-corrected chi connectivity index (χ4v) is 4.17. The molecule has 0 saturated carbocycles. The first-order chi connectivity index (χ1) is 14.5. The van der Waals surface area contributed by atoms with Crippen LogP contribution in [0.5, 0.6) is 0 Å². The number of nitrogens with one attached hydrogen (secondary N) is 1. The Morgan fingerprint density at radius 1 is 1.03 bits per heavy atom. The van der Waals surface area contributed by atoms with E-state index in [0.717, 1.165) is 33.0 Å². The summed E-state index contributed by atoms with van der Waals surface area (Å²) in [5, 5.41) is 13.9. The summed E-state index contributed by atoms with van der Waals surface area (Å²) in [5.41, 5.74) is 4.26. The number of aryl methyl sites for hydroxylation is 2. The third-order valence-electron chi connectivity index (χ3n) is 4.87. The van der Waals surface area contributed by atoms with Gasteiger partial charge in [-0.15, -0.1) is 10.2 Å². The first kappa shape index (κ1) is 20.2. The third kappa shape index (κ3) is 4.54. The Bertz CT molecular complexity index is 1180. The van der Waals surface area contributed by atoms with E-state index >= 15 is 0 Å². The third-order valence-corrected chi connectivity index (χ3v) is 5.69. The highest BCUT2D eigenvalue weighted by molar-refractivity contribution is 7.99. The molecule has 0 spiro atoms. The minimum atomic E-state index is -0.0993. The number of hydrogen-bond acceptors (Lipinski definition) is 5. The highest BCUT2D eigenvalue weighted by atomic mass is 32.2. The van der Waals surface area contributed by atoms with E-state index in [9.17, 15) is 4.79 Å². The van der Waals surface area contributed by atoms with Crippen molar-refractivity contribution in [2.75, 3.05) is 5.75 Å². The van der Waals surface area contributed by atoms with Gasteiger partial charge in [-0.05, 0) is 49.2 Å². The lowest BCUT2D eigenvalue weighted by Crippen LogP contribution is -2.28. The number of rotatable bonds is 6. The number of fused-ring (bicyclic) bond motifs is 1. The number of nitrogens with zero attached hydrogens (tertiary/aromatic N) is 2. The minimum absolute atomic E-state index is 0.0772. The average Bonchev–Trinajstić information content (AvgIpc) is 3.20. The van der Waals surface area contributed by atoms with Crippen LogP contribution in [0.1, 0.15) is 29.7 Å². The first-order valence-electron chi connectivity index (χ1n) is 9.81. The van der Waals surface area contributed by atoms with Crippen molar-refractivity contribution in [3.63, 3.8) is 0 Å². The van der Waals surface area contributed by atoms with Crippen LogP contribution in [0.25, 0.3) is 22.2 Å². The number of carbonyl (C=O) groups is 1. The van der Waals surface area contributed by atoms with Crippen molar-refractivity contribution in [1.29, 1.82) is 0 Å². The molecule has 152 valence electrons. The van der Waals surface area contributed by atoms with E-state index in [0.29, 0.717) is 11.1 Å². The molecule has 1 amide bonds. The minimum Gasteiger partial charge on any atom is -0.411 e. The first-order valence-corrected chi connectivity index (χ1v) is 10.8. The van der Waals surface area contributed by atoms with Crippen LogP contribution in [0.4, 0.5) is 0 Å². The average molecular weight is 418 g/mol. The van der Waals surface area contributed by atoms with E-state index in [1.807, 2.05) is 51.1 Å². The van der Waals surface area contributed by atoms with Crippen LogP contribution in [0.15, 0.2) is 70.3 Å². The number of thioether (sulfide) groups is 1. The molecule has 3 aromatic carbocycles. The topological polar surface area (TPSA) is 68.0 Å². The van der Waals surface area contributed by atoms with Gasteiger partial charge in [-0.25, -0.2) is 0 Å². The van der Waals surface area contributed by atoms with E-state index in [4.69, 9.17) is 4.42 Å². The summed E-state index contributed by atoms with van der Waals surface area (Å²) < 4.78 is 5.74. The summed E-state index contributed by atoms with van der Waals surface area (Å²) in [4.78, 5) is 12.5. The Morgan fingerprint density at radius 3 is 2.57 bits per heavy atom. The van der Waals surface area contributed by atoms with Crippen molar-refractivity contribution in [3.05, 3.63) is 77.4 Å². The summed E-state index contributed by atoms with van der Waals surface area (Å²) in [6.45, 7) is 6.06. The molecule has 4 rings (SSSR count). The van der Waals surface area contributed by atoms with E-state index in [1.165, 1.54) is 11.8 Å². The quantitative estimate of drug-likeness (QED) is 0.421. The van der Waals surface area contributed by atoms with Crippen LogP contribution in [0, 0.1) is 13.8 Å². The highest BCUT2D eigenvalue weighted by Gasteiger charge is 2.15. The second-order valence-electron chi connectivity index (χ2n) is 7.40. The molecule has 4 aromatic rings. The largest absolute Gasteiger partial charge is 0.411 e. The van der Waals surface area contributed by atoms with Crippen molar-refractivity contribution >= 4 is 28.4 Å². The van der Waals surface area contributed by atoms with E-state index in [2.05, 4.69) is 45.8 Å². The predicted molar refractivity (Wildman–Crippen MR) is 120 cm³/mol. The van der Waals surface area contributed by atoms with Gasteiger partial charge in [0.1, 0.15) is 0 Å². The molecule has 0 aliphatic heterocycles. The lowest BCUT2D eigenvalue weighted by molar-refractivity contribution is -0.119. The van der Waals surface area contributed by atoms with Gasteiger partial charge in [-0.1, -0.05) is 71.4 Å². The maximum atomic E-state index is 12.5. The van der Waals surface area contributed by atoms with Crippen LogP contribution < -0.4 is 5.32 Å². The monoisotopic (exact) mass is 417 g/mol. The molecule has 0 fully saturated rings. The molecule has 1 N–H and O–H groups in total. The van der Waals surface area contributed by atoms with Gasteiger partial charge in [-0.3, -0.25) is 4.79 Å². The molecular weight excluding hydrogens is 394 g/mol. The zero-order valence-corrected chi connectivity index (χ0v) is 18.0. The van der Waals surface area contributed by atoms with Gasteiger partial charge in [0.2, 0.25) is 11.8 Å². The van der Waals surface area contributed by atoms with Crippen molar-refractivity contribution in [1.82, 2.24) is 15.5 Å². The fourth-order valence-electron chi connectivity index (χ4n) is 3.60. The van der Waals surface area contributed by atoms with Crippen molar-refractivity contribution in [2.45, 2.75) is 32.0 Å². The van der Waals surface area contributed by atoms with Gasteiger partial charge in [0.05, 0.1) is 11.8 Å². The number of carbonyl (C=O) groups excluding carboxylic acids is 1. The molecule has 1 heterocycles. The van der Waals surface area contributed by atoms with E-state index < -0.39 is 0 Å². The summed E-state index contributed by atoms with van der Waals surface area (Å²) >= 11 is 1.24. The Labute approximate surface area is 179 Å². The van der Waals surface area contributed by atoms with Crippen LogP contribution in [0.3, 0.4) is 0 Å². The molecule has 6 heteroatoms. The summed E-state index contributed by atoms with van der Waals surface area (Å²) in [5.74, 6) is 0.601.